The molecule has 0 fully saturated rings. The highest BCUT2D eigenvalue weighted by molar-refractivity contribution is 5.85. The Morgan fingerprint density at radius 3 is 2.11 bits per heavy atom. The third kappa shape index (κ3) is 4.65. The van der Waals surface area contributed by atoms with Crippen LogP contribution in [0.2, 0.25) is 0 Å². The summed E-state index contributed by atoms with van der Waals surface area (Å²) in [5.74, 6) is 0.310. The lowest BCUT2D eigenvalue weighted by molar-refractivity contribution is -0.125. The number of benzene rings is 1. The zero-order chi connectivity index (χ0) is 14.6. The summed E-state index contributed by atoms with van der Waals surface area (Å²) in [7, 11) is 0. The van der Waals surface area contributed by atoms with E-state index in [1.165, 1.54) is 5.56 Å². The van der Waals surface area contributed by atoms with Crippen LogP contribution in [0.25, 0.3) is 0 Å². The molecule has 0 aromatic heterocycles. The second-order valence-electron chi connectivity index (χ2n) is 5.86. The molecule has 5 N–H and O–H groups in total. The summed E-state index contributed by atoms with van der Waals surface area (Å²) in [5, 5.41) is 2.77. The highest BCUT2D eigenvalue weighted by atomic mass is 16.2. The summed E-state index contributed by atoms with van der Waals surface area (Å²) in [4.78, 5) is 11.7. The lowest BCUT2D eigenvalue weighted by Gasteiger charge is -2.20. The quantitative estimate of drug-likeness (QED) is 0.755. The number of nitrogens with two attached hydrogens (primary N) is 2. The van der Waals surface area contributed by atoms with E-state index in [-0.39, 0.29) is 11.9 Å². The predicted octanol–water partition coefficient (Wildman–Crippen LogP) is 1.66. The van der Waals surface area contributed by atoms with Crippen LogP contribution in [0.1, 0.15) is 50.8 Å². The van der Waals surface area contributed by atoms with E-state index in [9.17, 15) is 4.79 Å². The van der Waals surface area contributed by atoms with Gasteiger partial charge in [-0.15, -0.1) is 0 Å². The Morgan fingerprint density at radius 1 is 1.21 bits per heavy atom. The minimum atomic E-state index is -0.874. The average molecular weight is 263 g/mol. The van der Waals surface area contributed by atoms with Crippen LogP contribution in [0.4, 0.5) is 0 Å². The first-order chi connectivity index (χ1) is 8.71. The molecule has 19 heavy (non-hydrogen) atoms. The topological polar surface area (TPSA) is 81.1 Å². The summed E-state index contributed by atoms with van der Waals surface area (Å²) in [6, 6.07) is 7.97. The number of nitrogens with one attached hydrogen (secondary N) is 1. The first kappa shape index (κ1) is 15.7. The maximum Gasteiger partial charge on any atom is 0.239 e. The van der Waals surface area contributed by atoms with E-state index >= 15 is 0 Å². The van der Waals surface area contributed by atoms with Gasteiger partial charge in [-0.05, 0) is 30.9 Å². The van der Waals surface area contributed by atoms with E-state index in [2.05, 4.69) is 31.3 Å². The molecule has 1 aromatic rings. The number of carbonyl (C=O) groups excluding carboxylic acids is 1. The predicted molar refractivity (Wildman–Crippen MR) is 78.7 cm³/mol. The zero-order valence-electron chi connectivity index (χ0n) is 12.2. The summed E-state index contributed by atoms with van der Waals surface area (Å²) in [6.07, 6.45) is 0. The van der Waals surface area contributed by atoms with Gasteiger partial charge in [0, 0.05) is 12.6 Å². The van der Waals surface area contributed by atoms with Crippen LogP contribution in [-0.4, -0.2) is 18.0 Å². The fourth-order valence-electron chi connectivity index (χ4n) is 1.68. The molecule has 0 aliphatic carbocycles. The first-order valence-corrected chi connectivity index (χ1v) is 6.64. The zero-order valence-corrected chi connectivity index (χ0v) is 12.2. The maximum atomic E-state index is 11.7. The number of carbonyl (C=O) groups is 1. The maximum absolute atomic E-state index is 11.7. The number of amides is 1. The van der Waals surface area contributed by atoms with E-state index in [0.717, 1.165) is 5.56 Å². The molecule has 0 aliphatic heterocycles. The molecule has 0 bridgehead atoms. The largest absolute Gasteiger partial charge is 0.353 e. The minimum absolute atomic E-state index is 0.193. The smallest absolute Gasteiger partial charge is 0.239 e. The summed E-state index contributed by atoms with van der Waals surface area (Å²) >= 11 is 0. The van der Waals surface area contributed by atoms with Crippen LogP contribution in [-0.2, 0) is 4.79 Å². The Hall–Kier alpha value is -1.39. The van der Waals surface area contributed by atoms with Crippen molar-refractivity contribution >= 4 is 5.91 Å². The molecule has 4 nitrogen and oxygen atoms in total. The van der Waals surface area contributed by atoms with Gasteiger partial charge in [0.05, 0.1) is 5.54 Å². The highest BCUT2D eigenvalue weighted by Gasteiger charge is 2.22. The SMILES string of the molecule is CC(C)c1ccc(C(N)CNC(=O)C(C)(C)N)cc1. The number of rotatable bonds is 5. The van der Waals surface area contributed by atoms with Crippen LogP contribution in [0.15, 0.2) is 24.3 Å². The van der Waals surface area contributed by atoms with Gasteiger partial charge < -0.3 is 16.8 Å². The Kier molecular flexibility index (Phi) is 5.09. The highest BCUT2D eigenvalue weighted by Crippen LogP contribution is 2.17. The molecule has 1 atom stereocenters. The van der Waals surface area contributed by atoms with Crippen molar-refractivity contribution in [2.75, 3.05) is 6.54 Å². The van der Waals surface area contributed by atoms with E-state index in [0.29, 0.717) is 12.5 Å². The van der Waals surface area contributed by atoms with Crippen LogP contribution in [0, 0.1) is 0 Å². The Morgan fingerprint density at radius 2 is 1.68 bits per heavy atom. The van der Waals surface area contributed by atoms with Crippen molar-refractivity contribution in [2.24, 2.45) is 11.5 Å². The molecule has 0 spiro atoms. The molecule has 1 rings (SSSR count). The fraction of sp³-hybridized carbons (Fsp3) is 0.533. The fourth-order valence-corrected chi connectivity index (χ4v) is 1.68. The van der Waals surface area contributed by atoms with Crippen molar-refractivity contribution in [1.82, 2.24) is 5.32 Å². The summed E-state index contributed by atoms with van der Waals surface area (Å²) < 4.78 is 0. The van der Waals surface area contributed by atoms with E-state index in [1.807, 2.05) is 12.1 Å². The van der Waals surface area contributed by atoms with E-state index < -0.39 is 5.54 Å². The van der Waals surface area contributed by atoms with Gasteiger partial charge in [0.2, 0.25) is 5.91 Å². The molecule has 0 radical (unpaired) electrons. The number of hydrogen-bond donors (Lipinski definition) is 3. The molecule has 4 heteroatoms. The third-order valence-corrected chi connectivity index (χ3v) is 3.10. The average Bonchev–Trinajstić information content (AvgIpc) is 2.34. The van der Waals surface area contributed by atoms with Crippen LogP contribution < -0.4 is 16.8 Å². The van der Waals surface area contributed by atoms with E-state index in [1.54, 1.807) is 13.8 Å². The normalized spacial score (nSPS) is 13.4. The van der Waals surface area contributed by atoms with Crippen LogP contribution >= 0.6 is 0 Å². The second kappa shape index (κ2) is 6.17. The molecule has 0 saturated heterocycles. The first-order valence-electron chi connectivity index (χ1n) is 6.64. The van der Waals surface area contributed by atoms with Gasteiger partial charge in [0.15, 0.2) is 0 Å². The van der Waals surface area contributed by atoms with Crippen LogP contribution in [0.5, 0.6) is 0 Å². The van der Waals surface area contributed by atoms with Crippen molar-refractivity contribution in [3.8, 4) is 0 Å². The van der Waals surface area contributed by atoms with Crippen LogP contribution in [0.3, 0.4) is 0 Å². The third-order valence-electron chi connectivity index (χ3n) is 3.10. The van der Waals surface area contributed by atoms with Crippen molar-refractivity contribution in [2.45, 2.75) is 45.2 Å². The lowest BCUT2D eigenvalue weighted by Crippen LogP contribution is -2.50. The molecule has 0 saturated carbocycles. The molecule has 106 valence electrons. The molecule has 1 aromatic carbocycles. The summed E-state index contributed by atoms with van der Waals surface area (Å²) in [6.45, 7) is 8.04. The Balaban J connectivity index is 2.59. The van der Waals surface area contributed by atoms with Gasteiger partial charge in [-0.1, -0.05) is 38.1 Å². The molecule has 0 aliphatic rings. The minimum Gasteiger partial charge on any atom is -0.353 e. The van der Waals surface area contributed by atoms with Gasteiger partial charge in [-0.25, -0.2) is 0 Å². The molecular formula is C15H25N3O. The Bertz CT molecular complexity index is 418. The molecule has 0 heterocycles. The Labute approximate surface area is 115 Å². The van der Waals surface area contributed by atoms with Crippen molar-refractivity contribution in [1.29, 1.82) is 0 Å². The lowest BCUT2D eigenvalue weighted by atomic mass is 9.99. The van der Waals surface area contributed by atoms with Gasteiger partial charge in [0.1, 0.15) is 0 Å². The second-order valence-corrected chi connectivity index (χ2v) is 5.86. The molecule has 1 unspecified atom stereocenters. The van der Waals surface area contributed by atoms with Gasteiger partial charge in [-0.3, -0.25) is 4.79 Å². The molecule has 1 amide bonds. The standard InChI is InChI=1S/C15H25N3O/c1-10(2)11-5-7-12(8-6-11)13(16)9-18-14(19)15(3,4)17/h5-8,10,13H,9,16-17H2,1-4H3,(H,18,19). The van der Waals surface area contributed by atoms with Gasteiger partial charge in [0.25, 0.3) is 0 Å². The van der Waals surface area contributed by atoms with Crippen molar-refractivity contribution in [3.05, 3.63) is 35.4 Å². The van der Waals surface area contributed by atoms with Gasteiger partial charge >= 0.3 is 0 Å². The number of hydrogen-bond acceptors (Lipinski definition) is 3. The monoisotopic (exact) mass is 263 g/mol. The molecular weight excluding hydrogens is 238 g/mol. The van der Waals surface area contributed by atoms with Crippen molar-refractivity contribution in [3.63, 3.8) is 0 Å². The van der Waals surface area contributed by atoms with E-state index in [4.69, 9.17) is 11.5 Å². The summed E-state index contributed by atoms with van der Waals surface area (Å²) in [5.41, 5.74) is 13.2. The van der Waals surface area contributed by atoms with Gasteiger partial charge in [-0.2, -0.15) is 0 Å². The van der Waals surface area contributed by atoms with Crippen molar-refractivity contribution < 1.29 is 4.79 Å².